The van der Waals surface area contributed by atoms with Gasteiger partial charge in [0.2, 0.25) is 21.8 Å². The van der Waals surface area contributed by atoms with E-state index in [2.05, 4.69) is 5.32 Å². The summed E-state index contributed by atoms with van der Waals surface area (Å²) in [6, 6.07) is 20.4. The van der Waals surface area contributed by atoms with Crippen LogP contribution in [-0.4, -0.2) is 50.0 Å². The standard InChI is InChI=1S/C32H36Cl3N3O4S/c1-43(41,42)38(28-17-15-25(33)16-18-28)19-7-12-31(39)37(22-24-13-14-26(34)21-29(24)35)30(20-23-8-3-2-4-9-23)32(40)36-27-10-5-6-11-27/h2-4,8-9,13-18,21,27,30H,5-7,10-12,19-20,22H2,1H3,(H,36,40)/t30-/m0/s1. The van der Waals surface area contributed by atoms with E-state index in [-0.39, 0.29) is 43.8 Å². The number of sulfonamides is 1. The number of hydrogen-bond donors (Lipinski definition) is 1. The smallest absolute Gasteiger partial charge is 0.243 e. The molecular weight excluding hydrogens is 629 g/mol. The molecule has 1 fully saturated rings. The first-order valence-electron chi connectivity index (χ1n) is 14.3. The maximum absolute atomic E-state index is 14.0. The number of rotatable bonds is 13. The molecule has 43 heavy (non-hydrogen) atoms. The number of anilines is 1. The molecule has 1 saturated carbocycles. The van der Waals surface area contributed by atoms with E-state index in [4.69, 9.17) is 34.8 Å². The van der Waals surface area contributed by atoms with E-state index in [0.717, 1.165) is 37.5 Å². The number of nitrogens with zero attached hydrogens (tertiary/aromatic N) is 2. The summed E-state index contributed by atoms with van der Waals surface area (Å²) in [6.45, 7) is 0.177. The molecule has 0 aromatic heterocycles. The Morgan fingerprint density at radius 1 is 0.930 bits per heavy atom. The molecule has 1 atom stereocenters. The minimum absolute atomic E-state index is 0.0207. The van der Waals surface area contributed by atoms with Crippen LogP contribution in [0.2, 0.25) is 15.1 Å². The molecule has 7 nitrogen and oxygen atoms in total. The zero-order chi connectivity index (χ0) is 31.0. The van der Waals surface area contributed by atoms with Gasteiger partial charge in [0.15, 0.2) is 0 Å². The molecule has 1 aliphatic carbocycles. The summed E-state index contributed by atoms with van der Waals surface area (Å²) in [5.74, 6) is -0.494. The fourth-order valence-corrected chi connectivity index (χ4v) is 6.93. The van der Waals surface area contributed by atoms with Crippen molar-refractivity contribution in [3.8, 4) is 0 Å². The monoisotopic (exact) mass is 663 g/mol. The Kier molecular flexibility index (Phi) is 11.8. The average Bonchev–Trinajstić information content (AvgIpc) is 3.47. The van der Waals surface area contributed by atoms with Crippen molar-refractivity contribution >= 4 is 62.3 Å². The Bertz CT molecular complexity index is 1500. The van der Waals surface area contributed by atoms with Crippen LogP contribution in [-0.2, 0) is 32.6 Å². The molecule has 230 valence electrons. The zero-order valence-electron chi connectivity index (χ0n) is 24.0. The van der Waals surface area contributed by atoms with Gasteiger partial charge in [0.1, 0.15) is 6.04 Å². The predicted molar refractivity (Wildman–Crippen MR) is 174 cm³/mol. The summed E-state index contributed by atoms with van der Waals surface area (Å²) in [5, 5.41) is 4.53. The Morgan fingerprint density at radius 3 is 2.21 bits per heavy atom. The molecule has 11 heteroatoms. The zero-order valence-corrected chi connectivity index (χ0v) is 27.1. The van der Waals surface area contributed by atoms with Gasteiger partial charge in [0.25, 0.3) is 0 Å². The van der Waals surface area contributed by atoms with Gasteiger partial charge in [0, 0.05) is 47.0 Å². The SMILES string of the molecule is CS(=O)(=O)N(CCCC(=O)N(Cc1ccc(Cl)cc1Cl)[C@@H](Cc1ccccc1)C(=O)NC1CCCC1)c1ccc(Cl)cc1. The van der Waals surface area contributed by atoms with Crippen molar-refractivity contribution in [1.82, 2.24) is 10.2 Å². The third kappa shape index (κ3) is 9.60. The molecule has 0 aliphatic heterocycles. The second-order valence-corrected chi connectivity index (χ2v) is 14.1. The summed E-state index contributed by atoms with van der Waals surface area (Å²) in [6.07, 6.45) is 5.63. The van der Waals surface area contributed by atoms with Crippen LogP contribution < -0.4 is 9.62 Å². The second kappa shape index (κ2) is 15.3. The first-order chi connectivity index (χ1) is 20.5. The highest BCUT2D eigenvalue weighted by molar-refractivity contribution is 7.92. The third-order valence-corrected chi connectivity index (χ3v) is 9.63. The van der Waals surface area contributed by atoms with Gasteiger partial charge in [-0.25, -0.2) is 8.42 Å². The van der Waals surface area contributed by atoms with Crippen molar-refractivity contribution in [3.63, 3.8) is 0 Å². The lowest BCUT2D eigenvalue weighted by molar-refractivity contribution is -0.141. The molecular formula is C32H36Cl3N3O4S. The molecule has 3 aromatic carbocycles. The Hall–Kier alpha value is -2.78. The number of carbonyl (C=O) groups is 2. The van der Waals surface area contributed by atoms with Gasteiger partial charge in [-0.3, -0.25) is 13.9 Å². The van der Waals surface area contributed by atoms with E-state index in [0.29, 0.717) is 32.7 Å². The number of halogens is 3. The second-order valence-electron chi connectivity index (χ2n) is 10.9. The Balaban J connectivity index is 1.60. The summed E-state index contributed by atoms with van der Waals surface area (Å²) in [5.41, 5.74) is 2.03. The van der Waals surface area contributed by atoms with Crippen LogP contribution in [0, 0.1) is 0 Å². The van der Waals surface area contributed by atoms with Crippen LogP contribution >= 0.6 is 34.8 Å². The molecule has 0 saturated heterocycles. The van der Waals surface area contributed by atoms with Gasteiger partial charge in [-0.15, -0.1) is 0 Å². The fourth-order valence-electron chi connectivity index (χ4n) is 5.37. The number of benzene rings is 3. The lowest BCUT2D eigenvalue weighted by Crippen LogP contribution is -2.52. The molecule has 0 unspecified atom stereocenters. The van der Waals surface area contributed by atoms with Crippen LogP contribution in [0.4, 0.5) is 5.69 Å². The van der Waals surface area contributed by atoms with E-state index < -0.39 is 16.1 Å². The molecule has 2 amide bonds. The first-order valence-corrected chi connectivity index (χ1v) is 17.3. The Morgan fingerprint density at radius 2 is 1.58 bits per heavy atom. The molecule has 1 N–H and O–H groups in total. The number of hydrogen-bond acceptors (Lipinski definition) is 4. The van der Waals surface area contributed by atoms with Gasteiger partial charge >= 0.3 is 0 Å². The lowest BCUT2D eigenvalue weighted by Gasteiger charge is -2.33. The topological polar surface area (TPSA) is 86.8 Å². The first kappa shape index (κ1) is 33.1. The van der Waals surface area contributed by atoms with Crippen molar-refractivity contribution in [2.24, 2.45) is 0 Å². The lowest BCUT2D eigenvalue weighted by atomic mass is 10.0. The van der Waals surface area contributed by atoms with E-state index in [1.807, 2.05) is 30.3 Å². The molecule has 1 aliphatic rings. The van der Waals surface area contributed by atoms with Gasteiger partial charge < -0.3 is 10.2 Å². The number of amides is 2. The van der Waals surface area contributed by atoms with Crippen LogP contribution in [0.5, 0.6) is 0 Å². The minimum atomic E-state index is -3.62. The van der Waals surface area contributed by atoms with Crippen LogP contribution in [0.1, 0.15) is 49.7 Å². The summed E-state index contributed by atoms with van der Waals surface area (Å²) in [4.78, 5) is 29.4. The van der Waals surface area contributed by atoms with Crippen LogP contribution in [0.25, 0.3) is 0 Å². The molecule has 0 bridgehead atoms. The van der Waals surface area contributed by atoms with E-state index in [1.54, 1.807) is 47.4 Å². The summed E-state index contributed by atoms with van der Waals surface area (Å²) < 4.78 is 26.5. The van der Waals surface area contributed by atoms with Crippen molar-refractivity contribution in [3.05, 3.63) is 99.0 Å². The van der Waals surface area contributed by atoms with Gasteiger partial charge in [-0.05, 0) is 66.8 Å². The Labute approximate surface area is 269 Å². The van der Waals surface area contributed by atoms with Crippen molar-refractivity contribution in [1.29, 1.82) is 0 Å². The maximum Gasteiger partial charge on any atom is 0.243 e. The van der Waals surface area contributed by atoms with Crippen molar-refractivity contribution < 1.29 is 18.0 Å². The number of carbonyl (C=O) groups excluding carboxylic acids is 2. The fraction of sp³-hybridized carbons (Fsp3) is 0.375. The largest absolute Gasteiger partial charge is 0.352 e. The normalized spacial score (nSPS) is 14.3. The number of nitrogens with one attached hydrogen (secondary N) is 1. The molecule has 4 rings (SSSR count). The molecule has 3 aromatic rings. The summed E-state index contributed by atoms with van der Waals surface area (Å²) >= 11 is 18.7. The van der Waals surface area contributed by atoms with E-state index in [1.165, 1.54) is 4.31 Å². The van der Waals surface area contributed by atoms with Crippen molar-refractivity contribution in [2.45, 2.75) is 63.6 Å². The van der Waals surface area contributed by atoms with Crippen molar-refractivity contribution in [2.75, 3.05) is 17.1 Å². The predicted octanol–water partition coefficient (Wildman–Crippen LogP) is 6.89. The highest BCUT2D eigenvalue weighted by atomic mass is 35.5. The van der Waals surface area contributed by atoms with E-state index in [9.17, 15) is 18.0 Å². The molecule has 0 radical (unpaired) electrons. The van der Waals surface area contributed by atoms with E-state index >= 15 is 0 Å². The third-order valence-electron chi connectivity index (χ3n) is 7.60. The van der Waals surface area contributed by atoms with Gasteiger partial charge in [-0.1, -0.05) is 84.0 Å². The van der Waals surface area contributed by atoms with Crippen LogP contribution in [0.15, 0.2) is 72.8 Å². The van der Waals surface area contributed by atoms with Gasteiger partial charge in [0.05, 0.1) is 11.9 Å². The molecule has 0 spiro atoms. The molecule has 0 heterocycles. The minimum Gasteiger partial charge on any atom is -0.352 e. The highest BCUT2D eigenvalue weighted by Gasteiger charge is 2.32. The average molecular weight is 665 g/mol. The quantitative estimate of drug-likeness (QED) is 0.216. The van der Waals surface area contributed by atoms with Crippen LogP contribution in [0.3, 0.4) is 0 Å². The van der Waals surface area contributed by atoms with Gasteiger partial charge in [-0.2, -0.15) is 0 Å². The summed E-state index contributed by atoms with van der Waals surface area (Å²) in [7, 11) is -3.62. The highest BCUT2D eigenvalue weighted by Crippen LogP contribution is 2.26. The maximum atomic E-state index is 14.0.